The molecule has 4 atom stereocenters. The molecule has 1 heterocycles. The molecule has 0 aromatic carbocycles. The van der Waals surface area contributed by atoms with E-state index in [0.717, 1.165) is 0 Å². The predicted molar refractivity (Wildman–Crippen MR) is 102 cm³/mol. The molecule has 0 saturated heterocycles. The maximum absolute atomic E-state index is 11.3. The molecule has 0 spiro atoms. The Hall–Kier alpha value is -1.11. The van der Waals surface area contributed by atoms with Crippen molar-refractivity contribution in [1.29, 1.82) is 0 Å². The first-order valence-corrected chi connectivity index (χ1v) is 11.3. The van der Waals surface area contributed by atoms with Gasteiger partial charge in [0.1, 0.15) is 12.3 Å². The molecule has 0 aromatic heterocycles. The summed E-state index contributed by atoms with van der Waals surface area (Å²) < 4.78 is 21.8. The summed E-state index contributed by atoms with van der Waals surface area (Å²) in [4.78, 5) is 33.4. The zero-order valence-corrected chi connectivity index (χ0v) is 17.6. The highest BCUT2D eigenvalue weighted by Crippen LogP contribution is 2.42. The molecule has 1 aliphatic rings. The van der Waals surface area contributed by atoms with Crippen molar-refractivity contribution in [3.63, 3.8) is 0 Å². The van der Waals surface area contributed by atoms with Gasteiger partial charge < -0.3 is 44.1 Å². The maximum atomic E-state index is 11.3. The first-order valence-electron chi connectivity index (χ1n) is 8.42. The molecule has 4 N–H and O–H groups in total. The Morgan fingerprint density at radius 3 is 2.61 bits per heavy atom. The zero-order chi connectivity index (χ0) is 21.3. The molecular formula is C15H27N2O9PS. The Morgan fingerprint density at radius 2 is 2.07 bits per heavy atom. The summed E-state index contributed by atoms with van der Waals surface area (Å²) in [5.41, 5.74) is 0. The van der Waals surface area contributed by atoms with Crippen molar-refractivity contribution in [2.24, 2.45) is 0 Å². The fourth-order valence-corrected chi connectivity index (χ4v) is 3.49. The van der Waals surface area contributed by atoms with Gasteiger partial charge in [-0.25, -0.2) is 0 Å². The lowest BCUT2D eigenvalue weighted by molar-refractivity contribution is -0.183. The molecule has 13 heteroatoms. The van der Waals surface area contributed by atoms with Crippen LogP contribution in [0.25, 0.3) is 0 Å². The number of nitrogens with zero attached hydrogens (tertiary/aromatic N) is 1. The number of aliphatic carboxylic acids is 1. The lowest BCUT2D eigenvalue weighted by atomic mass is 10.3. The summed E-state index contributed by atoms with van der Waals surface area (Å²) in [6, 6.07) is 0. The van der Waals surface area contributed by atoms with Crippen molar-refractivity contribution in [1.82, 2.24) is 10.2 Å². The van der Waals surface area contributed by atoms with Gasteiger partial charge in [-0.15, -0.1) is 0 Å². The van der Waals surface area contributed by atoms with Gasteiger partial charge in [-0.1, -0.05) is 0 Å². The van der Waals surface area contributed by atoms with E-state index in [1.807, 2.05) is 13.8 Å². The van der Waals surface area contributed by atoms with Crippen LogP contribution in [0.5, 0.6) is 0 Å². The number of nitrogens with one attached hydrogen (secondary N) is 1. The maximum Gasteiger partial charge on any atom is 0.313 e. The van der Waals surface area contributed by atoms with E-state index >= 15 is 0 Å². The average molecular weight is 442 g/mol. The molecule has 0 radical (unpaired) electrons. The molecule has 11 nitrogen and oxygen atoms in total. The highest BCUT2D eigenvalue weighted by atomic mass is 32.5. The standard InChI is InChI=1S/C15H27N2O9PS/c1-10(2)24-6-11(7-25-27(22,28)9-14(19)20)26-13(8-23-3)17-5-4-12(18)16-15(17)21/h4-5,10-11,13,15,21H,6-9H2,1-3H3,(H,16,18)(H,19,20)(H,22,28)/t11-,13+,15?,27?/m0/s1. The first kappa shape index (κ1) is 24.9. The SMILES string of the molecule is COC[C@@H](O[C@@H](COC(C)C)COP(O)(=S)CC(=O)O)N1C=CC(=O)NC1O. The van der Waals surface area contributed by atoms with Gasteiger partial charge in [-0.05, 0) is 25.7 Å². The Kier molecular flexibility index (Phi) is 10.5. The van der Waals surface area contributed by atoms with Crippen LogP contribution in [-0.4, -0.2) is 89.8 Å². The van der Waals surface area contributed by atoms with Gasteiger partial charge in [-0.3, -0.25) is 9.59 Å². The molecule has 0 aliphatic carbocycles. The van der Waals surface area contributed by atoms with Crippen LogP contribution >= 0.6 is 6.49 Å². The monoisotopic (exact) mass is 442 g/mol. The van der Waals surface area contributed by atoms with Gasteiger partial charge in [0.2, 0.25) is 12.3 Å². The van der Waals surface area contributed by atoms with Crippen molar-refractivity contribution < 1.29 is 43.4 Å². The molecule has 162 valence electrons. The van der Waals surface area contributed by atoms with Gasteiger partial charge >= 0.3 is 5.97 Å². The fourth-order valence-electron chi connectivity index (χ4n) is 2.14. The second-order valence-corrected chi connectivity index (χ2v) is 9.74. The van der Waals surface area contributed by atoms with E-state index in [9.17, 15) is 19.6 Å². The first-order chi connectivity index (χ1) is 13.0. The van der Waals surface area contributed by atoms with E-state index in [2.05, 4.69) is 5.32 Å². The van der Waals surface area contributed by atoms with E-state index in [-0.39, 0.29) is 25.9 Å². The van der Waals surface area contributed by atoms with Crippen LogP contribution < -0.4 is 5.32 Å². The third kappa shape index (κ3) is 9.39. The quantitative estimate of drug-likeness (QED) is 0.271. The number of rotatable bonds is 13. The number of carboxylic acids is 1. The van der Waals surface area contributed by atoms with Crippen LogP contribution in [0.15, 0.2) is 12.3 Å². The third-order valence-electron chi connectivity index (χ3n) is 3.36. The molecule has 1 amide bonds. The molecule has 1 aliphatic heterocycles. The zero-order valence-electron chi connectivity index (χ0n) is 15.9. The second-order valence-electron chi connectivity index (χ2n) is 6.18. The van der Waals surface area contributed by atoms with Crippen LogP contribution in [0, 0.1) is 0 Å². The van der Waals surface area contributed by atoms with Gasteiger partial charge in [0, 0.05) is 19.4 Å². The van der Waals surface area contributed by atoms with Crippen LogP contribution in [-0.2, 0) is 40.1 Å². The van der Waals surface area contributed by atoms with E-state index in [0.29, 0.717) is 0 Å². The fraction of sp³-hybridized carbons (Fsp3) is 0.733. The van der Waals surface area contributed by atoms with Crippen molar-refractivity contribution in [2.75, 3.05) is 33.1 Å². The van der Waals surface area contributed by atoms with Gasteiger partial charge in [0.25, 0.3) is 0 Å². The summed E-state index contributed by atoms with van der Waals surface area (Å²) in [5, 5.41) is 21.2. The normalized spacial score (nSPS) is 21.3. The minimum Gasteiger partial charge on any atom is -0.481 e. The lowest BCUT2D eigenvalue weighted by Gasteiger charge is -2.37. The number of aliphatic hydroxyl groups is 1. The second kappa shape index (κ2) is 11.8. The highest BCUT2D eigenvalue weighted by molar-refractivity contribution is 8.09. The summed E-state index contributed by atoms with van der Waals surface area (Å²) in [5.74, 6) is -1.73. The van der Waals surface area contributed by atoms with Crippen molar-refractivity contribution in [2.45, 2.75) is 38.6 Å². The lowest BCUT2D eigenvalue weighted by Crippen LogP contribution is -2.55. The average Bonchev–Trinajstić information content (AvgIpc) is 2.55. The summed E-state index contributed by atoms with van der Waals surface area (Å²) in [6.45, 7) is -0.0399. The molecule has 28 heavy (non-hydrogen) atoms. The van der Waals surface area contributed by atoms with Crippen LogP contribution in [0.4, 0.5) is 0 Å². The number of amides is 1. The minimum atomic E-state index is -3.53. The van der Waals surface area contributed by atoms with Crippen LogP contribution in [0.3, 0.4) is 0 Å². The molecule has 0 aromatic rings. The van der Waals surface area contributed by atoms with Gasteiger partial charge in [0.15, 0.2) is 12.7 Å². The Bertz CT molecular complexity index is 604. The smallest absolute Gasteiger partial charge is 0.313 e. The molecule has 0 bridgehead atoms. The van der Waals surface area contributed by atoms with Gasteiger partial charge in [0.05, 0.1) is 25.9 Å². The summed E-state index contributed by atoms with van der Waals surface area (Å²) in [6.07, 6.45) is -1.16. The number of carbonyl (C=O) groups is 2. The molecule has 0 fully saturated rings. The van der Waals surface area contributed by atoms with E-state index in [4.69, 9.17) is 35.6 Å². The largest absolute Gasteiger partial charge is 0.481 e. The van der Waals surface area contributed by atoms with Crippen molar-refractivity contribution >= 4 is 30.2 Å². The minimum absolute atomic E-state index is 0.0257. The van der Waals surface area contributed by atoms with E-state index in [1.54, 1.807) is 0 Å². The Balaban J connectivity index is 2.85. The molecule has 1 rings (SSSR count). The number of hydrogen-bond donors (Lipinski definition) is 4. The Labute approximate surface area is 168 Å². The third-order valence-corrected chi connectivity index (χ3v) is 5.28. The van der Waals surface area contributed by atoms with Crippen LogP contribution in [0.2, 0.25) is 0 Å². The van der Waals surface area contributed by atoms with Crippen molar-refractivity contribution in [3.8, 4) is 0 Å². The number of carboxylic acid groups (broad SMARTS) is 1. The number of aliphatic hydroxyl groups excluding tert-OH is 1. The molecule has 2 unspecified atom stereocenters. The summed E-state index contributed by atoms with van der Waals surface area (Å²) in [7, 11) is 1.44. The number of hydrogen-bond acceptors (Lipinski definition) is 9. The van der Waals surface area contributed by atoms with E-state index in [1.165, 1.54) is 24.3 Å². The van der Waals surface area contributed by atoms with Gasteiger partial charge in [-0.2, -0.15) is 0 Å². The molecule has 0 saturated carbocycles. The predicted octanol–water partition coefficient (Wildman–Crippen LogP) is -0.606. The number of ether oxygens (including phenoxy) is 3. The number of carbonyl (C=O) groups excluding carboxylic acids is 1. The van der Waals surface area contributed by atoms with Crippen LogP contribution in [0.1, 0.15) is 13.8 Å². The van der Waals surface area contributed by atoms with E-state index < -0.39 is 43.2 Å². The van der Waals surface area contributed by atoms with Crippen molar-refractivity contribution in [3.05, 3.63) is 12.3 Å². The Morgan fingerprint density at radius 1 is 1.39 bits per heavy atom. The topological polar surface area (TPSA) is 147 Å². The highest BCUT2D eigenvalue weighted by Gasteiger charge is 2.30. The molecular weight excluding hydrogens is 415 g/mol. The number of methoxy groups -OCH3 is 1. The summed E-state index contributed by atoms with van der Waals surface area (Å²) >= 11 is 4.83.